The maximum absolute atomic E-state index is 12.2. The van der Waals surface area contributed by atoms with Gasteiger partial charge in [0.1, 0.15) is 0 Å². The van der Waals surface area contributed by atoms with Crippen LogP contribution in [0.5, 0.6) is 11.5 Å². The van der Waals surface area contributed by atoms with Crippen LogP contribution >= 0.6 is 0 Å². The molecular weight excluding hydrogens is 304 g/mol. The zero-order chi connectivity index (χ0) is 18.2. The highest BCUT2D eigenvalue weighted by atomic mass is 16.5. The molecule has 0 aliphatic rings. The lowest BCUT2D eigenvalue weighted by molar-refractivity contribution is -0.125. The third kappa shape index (κ3) is 6.24. The Bertz CT molecular complexity index is 570. The van der Waals surface area contributed by atoms with E-state index in [4.69, 9.17) is 15.2 Å². The third-order valence-corrected chi connectivity index (χ3v) is 3.66. The van der Waals surface area contributed by atoms with Crippen molar-refractivity contribution in [1.82, 2.24) is 5.32 Å². The molecule has 0 saturated heterocycles. The van der Waals surface area contributed by atoms with Crippen LogP contribution in [0, 0.1) is 5.92 Å². The van der Waals surface area contributed by atoms with Gasteiger partial charge in [-0.3, -0.25) is 4.79 Å². The molecule has 0 aliphatic carbocycles. The molecule has 1 unspecified atom stereocenters. The number of hydrogen-bond acceptors (Lipinski definition) is 4. The summed E-state index contributed by atoms with van der Waals surface area (Å²) in [5.74, 6) is 1.39. The van der Waals surface area contributed by atoms with Crippen LogP contribution in [0.15, 0.2) is 24.3 Å². The summed E-state index contributed by atoms with van der Waals surface area (Å²) in [6, 6.07) is 5.59. The number of benzene rings is 1. The Labute approximate surface area is 145 Å². The van der Waals surface area contributed by atoms with Crippen LogP contribution in [0.2, 0.25) is 0 Å². The van der Waals surface area contributed by atoms with Crippen molar-refractivity contribution in [1.29, 1.82) is 0 Å². The minimum absolute atomic E-state index is 0.0764. The number of amides is 1. The predicted octanol–water partition coefficient (Wildman–Crippen LogP) is 2.99. The van der Waals surface area contributed by atoms with E-state index in [9.17, 15) is 4.79 Å². The monoisotopic (exact) mass is 334 g/mol. The lowest BCUT2D eigenvalue weighted by atomic mass is 9.91. The molecule has 5 nitrogen and oxygen atoms in total. The quantitative estimate of drug-likeness (QED) is 0.728. The number of hydrogen-bond donors (Lipinski definition) is 2. The van der Waals surface area contributed by atoms with Crippen LogP contribution in [-0.2, 0) is 4.79 Å². The number of methoxy groups -OCH3 is 1. The van der Waals surface area contributed by atoms with E-state index < -0.39 is 5.54 Å². The topological polar surface area (TPSA) is 73.6 Å². The first-order chi connectivity index (χ1) is 11.3. The Balaban J connectivity index is 2.70. The zero-order valence-electron chi connectivity index (χ0n) is 15.4. The van der Waals surface area contributed by atoms with E-state index in [2.05, 4.69) is 19.2 Å². The number of rotatable bonds is 9. The largest absolute Gasteiger partial charge is 0.493 e. The van der Waals surface area contributed by atoms with Crippen molar-refractivity contribution >= 4 is 12.0 Å². The average Bonchev–Trinajstić information content (AvgIpc) is 2.53. The lowest BCUT2D eigenvalue weighted by Crippen LogP contribution is -2.53. The molecule has 0 aliphatic heterocycles. The number of allylic oxidation sites excluding steroid dienone is 1. The highest BCUT2D eigenvalue weighted by Crippen LogP contribution is 2.28. The molecule has 5 heteroatoms. The van der Waals surface area contributed by atoms with Crippen molar-refractivity contribution < 1.29 is 14.3 Å². The highest BCUT2D eigenvalue weighted by Gasteiger charge is 2.26. The summed E-state index contributed by atoms with van der Waals surface area (Å²) in [6.07, 6.45) is 4.74. The molecule has 1 rings (SSSR count). The van der Waals surface area contributed by atoms with Gasteiger partial charge in [-0.2, -0.15) is 0 Å². The SMILES string of the molecule is C/C=C/c1ccc(OCC(=O)NC(C)(CN)CC(C)C)c(OC)c1. The van der Waals surface area contributed by atoms with Gasteiger partial charge in [0.15, 0.2) is 18.1 Å². The Morgan fingerprint density at radius 1 is 1.38 bits per heavy atom. The van der Waals surface area contributed by atoms with Gasteiger partial charge in [0, 0.05) is 12.1 Å². The molecule has 0 fully saturated rings. The minimum atomic E-state index is -0.422. The van der Waals surface area contributed by atoms with Gasteiger partial charge in [-0.1, -0.05) is 32.1 Å². The minimum Gasteiger partial charge on any atom is -0.493 e. The molecule has 24 heavy (non-hydrogen) atoms. The highest BCUT2D eigenvalue weighted by molar-refractivity contribution is 5.78. The summed E-state index contributed by atoms with van der Waals surface area (Å²) in [7, 11) is 1.58. The first-order valence-electron chi connectivity index (χ1n) is 8.28. The Morgan fingerprint density at radius 2 is 2.08 bits per heavy atom. The molecule has 0 aromatic heterocycles. The van der Waals surface area contributed by atoms with Crippen molar-refractivity contribution in [3.05, 3.63) is 29.8 Å². The number of nitrogens with one attached hydrogen (secondary N) is 1. The van der Waals surface area contributed by atoms with Gasteiger partial charge in [0.05, 0.1) is 7.11 Å². The fourth-order valence-corrected chi connectivity index (χ4v) is 2.70. The van der Waals surface area contributed by atoms with Crippen LogP contribution < -0.4 is 20.5 Å². The summed E-state index contributed by atoms with van der Waals surface area (Å²) in [5, 5.41) is 2.97. The van der Waals surface area contributed by atoms with Crippen LogP contribution in [0.1, 0.15) is 39.7 Å². The van der Waals surface area contributed by atoms with Crippen LogP contribution in [0.25, 0.3) is 6.08 Å². The second-order valence-electron chi connectivity index (χ2n) is 6.61. The molecule has 1 amide bonds. The lowest BCUT2D eigenvalue weighted by Gasteiger charge is -2.31. The number of carbonyl (C=O) groups is 1. The zero-order valence-corrected chi connectivity index (χ0v) is 15.4. The molecule has 0 saturated carbocycles. The van der Waals surface area contributed by atoms with E-state index >= 15 is 0 Å². The van der Waals surface area contributed by atoms with Gasteiger partial charge >= 0.3 is 0 Å². The summed E-state index contributed by atoms with van der Waals surface area (Å²) in [6.45, 7) is 8.43. The summed E-state index contributed by atoms with van der Waals surface area (Å²) >= 11 is 0. The Morgan fingerprint density at radius 3 is 2.62 bits per heavy atom. The van der Waals surface area contributed by atoms with E-state index in [1.54, 1.807) is 13.2 Å². The van der Waals surface area contributed by atoms with E-state index in [0.717, 1.165) is 12.0 Å². The van der Waals surface area contributed by atoms with Gasteiger partial charge < -0.3 is 20.5 Å². The van der Waals surface area contributed by atoms with Crippen molar-refractivity contribution in [3.63, 3.8) is 0 Å². The Kier molecular flexibility index (Phi) is 7.79. The van der Waals surface area contributed by atoms with Crippen molar-refractivity contribution in [2.24, 2.45) is 11.7 Å². The third-order valence-electron chi connectivity index (χ3n) is 3.66. The number of nitrogens with two attached hydrogens (primary N) is 1. The smallest absolute Gasteiger partial charge is 0.258 e. The van der Waals surface area contributed by atoms with Gasteiger partial charge in [-0.15, -0.1) is 0 Å². The molecule has 0 spiro atoms. The molecule has 1 atom stereocenters. The first-order valence-corrected chi connectivity index (χ1v) is 8.28. The maximum Gasteiger partial charge on any atom is 0.258 e. The van der Waals surface area contributed by atoms with E-state index in [1.165, 1.54) is 0 Å². The van der Waals surface area contributed by atoms with Gasteiger partial charge in [0.2, 0.25) is 0 Å². The molecular formula is C19H30N2O3. The summed E-state index contributed by atoms with van der Waals surface area (Å²) in [5.41, 5.74) is 6.41. The predicted molar refractivity (Wildman–Crippen MR) is 98.3 cm³/mol. The maximum atomic E-state index is 12.2. The fraction of sp³-hybridized carbons (Fsp3) is 0.526. The second-order valence-corrected chi connectivity index (χ2v) is 6.61. The molecule has 3 N–H and O–H groups in total. The van der Waals surface area contributed by atoms with Gasteiger partial charge in [-0.05, 0) is 43.9 Å². The number of ether oxygens (including phenoxy) is 2. The first kappa shape index (κ1) is 20.0. The van der Waals surface area contributed by atoms with Crippen LogP contribution in [0.4, 0.5) is 0 Å². The Hall–Kier alpha value is -2.01. The van der Waals surface area contributed by atoms with Crippen LogP contribution in [-0.4, -0.2) is 31.7 Å². The van der Waals surface area contributed by atoms with Crippen molar-refractivity contribution in [3.8, 4) is 11.5 Å². The molecule has 1 aromatic rings. The van der Waals surface area contributed by atoms with E-state index in [1.807, 2.05) is 38.1 Å². The normalized spacial score (nSPS) is 13.8. The van der Waals surface area contributed by atoms with Gasteiger partial charge in [0.25, 0.3) is 5.91 Å². The van der Waals surface area contributed by atoms with Crippen molar-refractivity contribution in [2.45, 2.75) is 39.7 Å². The summed E-state index contributed by atoms with van der Waals surface area (Å²) in [4.78, 5) is 12.2. The van der Waals surface area contributed by atoms with Crippen LogP contribution in [0.3, 0.4) is 0 Å². The van der Waals surface area contributed by atoms with E-state index in [0.29, 0.717) is 24.0 Å². The van der Waals surface area contributed by atoms with Gasteiger partial charge in [-0.25, -0.2) is 0 Å². The van der Waals surface area contributed by atoms with Crippen molar-refractivity contribution in [2.75, 3.05) is 20.3 Å². The number of carbonyl (C=O) groups excluding carboxylic acids is 1. The average molecular weight is 334 g/mol. The molecule has 0 heterocycles. The van der Waals surface area contributed by atoms with E-state index in [-0.39, 0.29) is 12.5 Å². The summed E-state index contributed by atoms with van der Waals surface area (Å²) < 4.78 is 10.9. The molecule has 0 radical (unpaired) electrons. The molecule has 1 aromatic carbocycles. The molecule has 0 bridgehead atoms. The fourth-order valence-electron chi connectivity index (χ4n) is 2.70. The standard InChI is InChI=1S/C19H30N2O3/c1-6-7-15-8-9-16(17(10-15)23-5)24-12-18(22)21-19(4,13-20)11-14(2)3/h6-10,14H,11-13,20H2,1-5H3,(H,21,22)/b7-6+. The second kappa shape index (κ2) is 9.33. The molecule has 134 valence electrons.